The minimum Gasteiger partial charge on any atom is -0.478 e. The van der Waals surface area contributed by atoms with Crippen LogP contribution in [0.4, 0.5) is 0 Å². The van der Waals surface area contributed by atoms with E-state index < -0.39 is 5.97 Å². The molecule has 0 aliphatic rings. The number of hydrogen-bond acceptors (Lipinski definition) is 1. The van der Waals surface area contributed by atoms with Gasteiger partial charge in [-0.05, 0) is 25.0 Å². The third kappa shape index (κ3) is 1.58. The van der Waals surface area contributed by atoms with Crippen LogP contribution in [0.15, 0.2) is 18.2 Å². The van der Waals surface area contributed by atoms with Crippen molar-refractivity contribution in [2.24, 2.45) is 0 Å². The van der Waals surface area contributed by atoms with Crippen molar-refractivity contribution in [3.8, 4) is 0 Å². The van der Waals surface area contributed by atoms with Gasteiger partial charge in [-0.3, -0.25) is 0 Å². The van der Waals surface area contributed by atoms with Gasteiger partial charge in [0.2, 0.25) is 0 Å². The maximum Gasteiger partial charge on any atom is 0.337 e. The molecular weight excluding hydrogens is 202 g/mol. The minimum atomic E-state index is -0.880. The normalized spacial score (nSPS) is 10.9. The Balaban J connectivity index is 2.72. The molecule has 1 heterocycles. The van der Waals surface area contributed by atoms with E-state index in [4.69, 9.17) is 5.11 Å². The number of carboxylic acids is 1. The molecule has 0 aliphatic carbocycles. The fraction of sp³-hybridized carbons (Fsp3) is 0.308. The molecule has 2 rings (SSSR count). The lowest BCUT2D eigenvalue weighted by molar-refractivity contribution is 0.0699. The molecule has 0 atom stereocenters. The molecule has 0 saturated heterocycles. The standard InChI is InChI=1S/C13H15NO2/c1-3-5-9-8(2)14-12-10(9)6-4-7-11(12)13(15)16/h4,6-7,14H,3,5H2,1-2H3,(H,15,16). The smallest absolute Gasteiger partial charge is 0.337 e. The topological polar surface area (TPSA) is 53.1 Å². The molecule has 0 saturated carbocycles. The summed E-state index contributed by atoms with van der Waals surface area (Å²) in [4.78, 5) is 14.3. The first-order chi connectivity index (χ1) is 7.65. The van der Waals surface area contributed by atoms with Gasteiger partial charge < -0.3 is 10.1 Å². The Morgan fingerprint density at radius 1 is 1.44 bits per heavy atom. The Kier molecular flexibility index (Phi) is 2.69. The van der Waals surface area contributed by atoms with Gasteiger partial charge in [0, 0.05) is 11.1 Å². The van der Waals surface area contributed by atoms with E-state index in [0.29, 0.717) is 5.56 Å². The first-order valence-corrected chi connectivity index (χ1v) is 5.48. The van der Waals surface area contributed by atoms with Crippen molar-refractivity contribution in [2.75, 3.05) is 0 Å². The molecule has 1 aromatic heterocycles. The number of H-pyrrole nitrogens is 1. The lowest BCUT2D eigenvalue weighted by Gasteiger charge is -1.99. The van der Waals surface area contributed by atoms with Crippen LogP contribution in [-0.4, -0.2) is 16.1 Å². The average molecular weight is 217 g/mol. The number of benzene rings is 1. The highest BCUT2D eigenvalue weighted by Crippen LogP contribution is 2.26. The van der Waals surface area contributed by atoms with E-state index in [1.54, 1.807) is 12.1 Å². The first kappa shape index (κ1) is 10.7. The second kappa shape index (κ2) is 4.00. The summed E-state index contributed by atoms with van der Waals surface area (Å²) in [6.07, 6.45) is 2.04. The van der Waals surface area contributed by atoms with Crippen LogP contribution in [0.3, 0.4) is 0 Å². The van der Waals surface area contributed by atoms with Crippen molar-refractivity contribution in [1.29, 1.82) is 0 Å². The molecule has 3 nitrogen and oxygen atoms in total. The minimum absolute atomic E-state index is 0.350. The van der Waals surface area contributed by atoms with Gasteiger partial charge in [0.1, 0.15) is 0 Å². The predicted molar refractivity (Wildman–Crippen MR) is 64.0 cm³/mol. The molecule has 0 fully saturated rings. The third-order valence-electron chi connectivity index (χ3n) is 2.89. The van der Waals surface area contributed by atoms with Crippen LogP contribution >= 0.6 is 0 Å². The number of aromatic carboxylic acids is 1. The second-order valence-electron chi connectivity index (χ2n) is 4.01. The van der Waals surface area contributed by atoms with Crippen molar-refractivity contribution in [1.82, 2.24) is 4.98 Å². The Morgan fingerprint density at radius 2 is 2.19 bits per heavy atom. The summed E-state index contributed by atoms with van der Waals surface area (Å²) in [6, 6.07) is 5.42. The first-order valence-electron chi connectivity index (χ1n) is 5.48. The zero-order chi connectivity index (χ0) is 11.7. The van der Waals surface area contributed by atoms with Gasteiger partial charge in [0.05, 0.1) is 11.1 Å². The highest BCUT2D eigenvalue weighted by molar-refractivity contribution is 6.03. The molecule has 3 heteroatoms. The third-order valence-corrected chi connectivity index (χ3v) is 2.89. The quantitative estimate of drug-likeness (QED) is 0.829. The number of carboxylic acid groups (broad SMARTS) is 1. The number of aromatic nitrogens is 1. The number of carbonyl (C=O) groups is 1. The Labute approximate surface area is 94.1 Å². The number of para-hydroxylation sites is 1. The molecular formula is C13H15NO2. The molecule has 0 bridgehead atoms. The highest BCUT2D eigenvalue weighted by atomic mass is 16.4. The molecule has 0 spiro atoms. The number of fused-ring (bicyclic) bond motifs is 1. The Morgan fingerprint density at radius 3 is 2.81 bits per heavy atom. The van der Waals surface area contributed by atoms with E-state index in [2.05, 4.69) is 11.9 Å². The maximum absolute atomic E-state index is 11.1. The summed E-state index contributed by atoms with van der Waals surface area (Å²) in [5.41, 5.74) is 3.41. The van der Waals surface area contributed by atoms with Gasteiger partial charge in [-0.1, -0.05) is 25.5 Å². The number of nitrogens with one attached hydrogen (secondary N) is 1. The number of aromatic amines is 1. The second-order valence-corrected chi connectivity index (χ2v) is 4.01. The zero-order valence-corrected chi connectivity index (χ0v) is 9.50. The van der Waals surface area contributed by atoms with Gasteiger partial charge in [0.15, 0.2) is 0 Å². The van der Waals surface area contributed by atoms with Crippen LogP contribution in [0.25, 0.3) is 10.9 Å². The molecule has 2 aromatic rings. The van der Waals surface area contributed by atoms with Crippen molar-refractivity contribution >= 4 is 16.9 Å². The van der Waals surface area contributed by atoms with Crippen molar-refractivity contribution in [3.05, 3.63) is 35.0 Å². The van der Waals surface area contributed by atoms with E-state index >= 15 is 0 Å². The Bertz CT molecular complexity index is 540. The maximum atomic E-state index is 11.1. The van der Waals surface area contributed by atoms with E-state index in [1.165, 1.54) is 5.56 Å². The summed E-state index contributed by atoms with van der Waals surface area (Å²) < 4.78 is 0. The van der Waals surface area contributed by atoms with Crippen LogP contribution < -0.4 is 0 Å². The molecule has 16 heavy (non-hydrogen) atoms. The molecule has 0 radical (unpaired) electrons. The van der Waals surface area contributed by atoms with Crippen LogP contribution in [0.1, 0.15) is 35.0 Å². The van der Waals surface area contributed by atoms with Gasteiger partial charge >= 0.3 is 5.97 Å². The zero-order valence-electron chi connectivity index (χ0n) is 9.50. The summed E-state index contributed by atoms with van der Waals surface area (Å²) in [6.45, 7) is 4.12. The van der Waals surface area contributed by atoms with Crippen LogP contribution in [-0.2, 0) is 6.42 Å². The van der Waals surface area contributed by atoms with Crippen molar-refractivity contribution in [2.45, 2.75) is 26.7 Å². The van der Waals surface area contributed by atoms with Crippen LogP contribution in [0.2, 0.25) is 0 Å². The fourth-order valence-electron chi connectivity index (χ4n) is 2.15. The number of hydrogen-bond donors (Lipinski definition) is 2. The highest BCUT2D eigenvalue weighted by Gasteiger charge is 2.13. The molecule has 0 amide bonds. The summed E-state index contributed by atoms with van der Waals surface area (Å²) in [7, 11) is 0. The molecule has 2 N–H and O–H groups in total. The van der Waals surface area contributed by atoms with E-state index in [1.807, 2.05) is 13.0 Å². The summed E-state index contributed by atoms with van der Waals surface area (Å²) in [5.74, 6) is -0.880. The van der Waals surface area contributed by atoms with E-state index in [0.717, 1.165) is 29.4 Å². The summed E-state index contributed by atoms with van der Waals surface area (Å²) in [5, 5.41) is 10.1. The van der Waals surface area contributed by atoms with Crippen LogP contribution in [0.5, 0.6) is 0 Å². The van der Waals surface area contributed by atoms with Gasteiger partial charge in [-0.25, -0.2) is 4.79 Å². The fourth-order valence-corrected chi connectivity index (χ4v) is 2.15. The SMILES string of the molecule is CCCc1c(C)[nH]c2c(C(=O)O)cccc12. The van der Waals surface area contributed by atoms with E-state index in [9.17, 15) is 4.79 Å². The van der Waals surface area contributed by atoms with E-state index in [-0.39, 0.29) is 0 Å². The molecule has 0 unspecified atom stereocenters. The summed E-state index contributed by atoms with van der Waals surface area (Å²) >= 11 is 0. The Hall–Kier alpha value is -1.77. The van der Waals surface area contributed by atoms with Gasteiger partial charge in [0.25, 0.3) is 0 Å². The lowest BCUT2D eigenvalue weighted by Crippen LogP contribution is -1.96. The molecule has 0 aliphatic heterocycles. The van der Waals surface area contributed by atoms with Crippen molar-refractivity contribution < 1.29 is 9.90 Å². The van der Waals surface area contributed by atoms with Crippen LogP contribution in [0, 0.1) is 6.92 Å². The van der Waals surface area contributed by atoms with Crippen molar-refractivity contribution in [3.63, 3.8) is 0 Å². The average Bonchev–Trinajstić information content (AvgIpc) is 2.56. The lowest BCUT2D eigenvalue weighted by atomic mass is 10.0. The monoisotopic (exact) mass is 217 g/mol. The van der Waals surface area contributed by atoms with Gasteiger partial charge in [-0.2, -0.15) is 0 Å². The van der Waals surface area contributed by atoms with Gasteiger partial charge in [-0.15, -0.1) is 0 Å². The molecule has 1 aromatic carbocycles. The predicted octanol–water partition coefficient (Wildman–Crippen LogP) is 3.13. The number of rotatable bonds is 3. The largest absolute Gasteiger partial charge is 0.478 e. The number of aryl methyl sites for hydroxylation is 2. The molecule has 84 valence electrons.